The van der Waals surface area contributed by atoms with Gasteiger partial charge in [0, 0.05) is 6.04 Å². The van der Waals surface area contributed by atoms with E-state index in [1.165, 1.54) is 0 Å². The highest BCUT2D eigenvalue weighted by molar-refractivity contribution is 5.23. The zero-order chi connectivity index (χ0) is 14.7. The molecule has 0 spiro atoms. The number of aliphatic hydroxyl groups excluding tert-OH is 3. The van der Waals surface area contributed by atoms with Crippen molar-refractivity contribution in [2.24, 2.45) is 0 Å². The summed E-state index contributed by atoms with van der Waals surface area (Å²) in [6.45, 7) is 3.94. The fourth-order valence-corrected chi connectivity index (χ4v) is 2.65. The van der Waals surface area contributed by atoms with Gasteiger partial charge >= 0.3 is 0 Å². The van der Waals surface area contributed by atoms with Gasteiger partial charge in [0.05, 0.1) is 6.04 Å². The van der Waals surface area contributed by atoms with Gasteiger partial charge in [-0.25, -0.2) is 0 Å². The lowest BCUT2D eigenvalue weighted by atomic mass is 9.86. The maximum Gasteiger partial charge on any atom is 0.111 e. The highest BCUT2D eigenvalue weighted by atomic mass is 16.4. The molecule has 0 radical (unpaired) electrons. The Hall–Kier alpha value is -1.20. The average Bonchev–Trinajstić information content (AvgIpc) is 2.48. The summed E-state index contributed by atoms with van der Waals surface area (Å²) in [5.41, 5.74) is 1.88. The molecule has 4 heteroatoms. The fourth-order valence-electron chi connectivity index (χ4n) is 2.65. The van der Waals surface area contributed by atoms with Crippen LogP contribution in [0.15, 0.2) is 42.0 Å². The van der Waals surface area contributed by atoms with Crippen molar-refractivity contribution in [2.75, 3.05) is 0 Å². The quantitative estimate of drug-likeness (QED) is 0.623. The Morgan fingerprint density at radius 3 is 2.35 bits per heavy atom. The van der Waals surface area contributed by atoms with Crippen LogP contribution >= 0.6 is 0 Å². The summed E-state index contributed by atoms with van der Waals surface area (Å²) in [6.07, 6.45) is -0.633. The molecule has 0 saturated carbocycles. The predicted molar refractivity (Wildman–Crippen MR) is 78.2 cm³/mol. The number of rotatable bonds is 4. The van der Waals surface area contributed by atoms with Crippen molar-refractivity contribution in [1.82, 2.24) is 5.32 Å². The SMILES string of the molecule is CCC1=CC(NC(C)c2ccccc2)C(O)C(O)C1O. The average molecular weight is 277 g/mol. The van der Waals surface area contributed by atoms with E-state index in [0.29, 0.717) is 6.42 Å². The standard InChI is InChI=1S/C16H23NO3/c1-3-11-9-13(15(19)16(20)14(11)18)17-10(2)12-7-5-4-6-8-12/h4-10,13-20H,3H2,1-2H3. The minimum atomic E-state index is -1.14. The second-order valence-corrected chi connectivity index (χ2v) is 5.35. The molecular weight excluding hydrogens is 254 g/mol. The minimum Gasteiger partial charge on any atom is -0.388 e. The summed E-state index contributed by atoms with van der Waals surface area (Å²) in [5, 5.41) is 33.2. The summed E-state index contributed by atoms with van der Waals surface area (Å²) < 4.78 is 0. The van der Waals surface area contributed by atoms with Crippen LogP contribution in [0.5, 0.6) is 0 Å². The van der Waals surface area contributed by atoms with Crippen LogP contribution in [0.25, 0.3) is 0 Å². The minimum absolute atomic E-state index is 0.0487. The third kappa shape index (κ3) is 3.10. The van der Waals surface area contributed by atoms with Crippen LogP contribution in [0.2, 0.25) is 0 Å². The van der Waals surface area contributed by atoms with E-state index in [1.807, 2.05) is 50.3 Å². The molecule has 5 atom stereocenters. The lowest BCUT2D eigenvalue weighted by Gasteiger charge is -2.36. The molecule has 4 nitrogen and oxygen atoms in total. The summed E-state index contributed by atoms with van der Waals surface area (Å²) in [5.74, 6) is 0. The van der Waals surface area contributed by atoms with Gasteiger partial charge in [-0.2, -0.15) is 0 Å². The zero-order valence-electron chi connectivity index (χ0n) is 11.9. The monoisotopic (exact) mass is 277 g/mol. The Labute approximate surface area is 119 Å². The molecule has 0 bridgehead atoms. The Bertz CT molecular complexity index is 460. The lowest BCUT2D eigenvalue weighted by Crippen LogP contribution is -2.53. The second-order valence-electron chi connectivity index (χ2n) is 5.35. The summed E-state index contributed by atoms with van der Waals surface area (Å²) in [6, 6.07) is 9.62. The van der Waals surface area contributed by atoms with Crippen molar-refractivity contribution in [3.63, 3.8) is 0 Å². The molecule has 1 aromatic carbocycles. The second kappa shape index (κ2) is 6.50. The van der Waals surface area contributed by atoms with Crippen LogP contribution in [0, 0.1) is 0 Å². The molecule has 0 aromatic heterocycles. The number of nitrogens with one attached hydrogen (secondary N) is 1. The van der Waals surface area contributed by atoms with Crippen LogP contribution in [0.4, 0.5) is 0 Å². The smallest absolute Gasteiger partial charge is 0.111 e. The molecule has 1 aliphatic rings. The Morgan fingerprint density at radius 1 is 1.10 bits per heavy atom. The normalized spacial score (nSPS) is 31.8. The van der Waals surface area contributed by atoms with Gasteiger partial charge in [-0.05, 0) is 24.5 Å². The number of hydrogen-bond acceptors (Lipinski definition) is 4. The first kappa shape index (κ1) is 15.2. The van der Waals surface area contributed by atoms with Crippen molar-refractivity contribution in [1.29, 1.82) is 0 Å². The maximum atomic E-state index is 10.1. The van der Waals surface area contributed by atoms with Gasteiger partial charge in [0.25, 0.3) is 0 Å². The molecule has 2 rings (SSSR count). The number of benzene rings is 1. The van der Waals surface area contributed by atoms with Crippen molar-refractivity contribution >= 4 is 0 Å². The van der Waals surface area contributed by atoms with E-state index < -0.39 is 18.3 Å². The molecule has 0 fully saturated rings. The molecular formula is C16H23NO3. The topological polar surface area (TPSA) is 72.7 Å². The molecule has 20 heavy (non-hydrogen) atoms. The van der Waals surface area contributed by atoms with Gasteiger partial charge in [0.1, 0.15) is 18.3 Å². The summed E-state index contributed by atoms with van der Waals surface area (Å²) >= 11 is 0. The molecule has 1 aliphatic carbocycles. The van der Waals surface area contributed by atoms with Crippen LogP contribution in [-0.2, 0) is 0 Å². The third-order valence-corrected chi connectivity index (χ3v) is 3.97. The van der Waals surface area contributed by atoms with E-state index in [0.717, 1.165) is 11.1 Å². The van der Waals surface area contributed by atoms with E-state index in [1.54, 1.807) is 0 Å². The Balaban J connectivity index is 2.13. The van der Waals surface area contributed by atoms with Crippen molar-refractivity contribution in [3.05, 3.63) is 47.5 Å². The first-order valence-corrected chi connectivity index (χ1v) is 7.10. The van der Waals surface area contributed by atoms with Gasteiger partial charge in [0.2, 0.25) is 0 Å². The van der Waals surface area contributed by atoms with Crippen molar-refractivity contribution < 1.29 is 15.3 Å². The predicted octanol–water partition coefficient (Wildman–Crippen LogP) is 1.14. The number of hydrogen-bond donors (Lipinski definition) is 4. The van der Waals surface area contributed by atoms with Gasteiger partial charge < -0.3 is 20.6 Å². The molecule has 0 saturated heterocycles. The molecule has 0 heterocycles. The van der Waals surface area contributed by atoms with Crippen LogP contribution in [-0.4, -0.2) is 39.7 Å². The highest BCUT2D eigenvalue weighted by Gasteiger charge is 2.36. The van der Waals surface area contributed by atoms with Crippen molar-refractivity contribution in [3.8, 4) is 0 Å². The molecule has 110 valence electrons. The summed E-state index contributed by atoms with van der Waals surface area (Å²) in [7, 11) is 0. The molecule has 0 aliphatic heterocycles. The van der Waals surface area contributed by atoms with E-state index in [-0.39, 0.29) is 12.1 Å². The largest absolute Gasteiger partial charge is 0.388 e. The molecule has 4 N–H and O–H groups in total. The first-order chi connectivity index (χ1) is 9.54. The molecule has 0 amide bonds. The van der Waals surface area contributed by atoms with Crippen LogP contribution < -0.4 is 5.32 Å². The van der Waals surface area contributed by atoms with Gasteiger partial charge in [0.15, 0.2) is 0 Å². The first-order valence-electron chi connectivity index (χ1n) is 7.10. The number of aliphatic hydroxyl groups is 3. The van der Waals surface area contributed by atoms with Crippen LogP contribution in [0.3, 0.4) is 0 Å². The van der Waals surface area contributed by atoms with E-state index >= 15 is 0 Å². The van der Waals surface area contributed by atoms with E-state index in [2.05, 4.69) is 5.32 Å². The van der Waals surface area contributed by atoms with Gasteiger partial charge in [-0.3, -0.25) is 0 Å². The maximum absolute atomic E-state index is 10.1. The lowest BCUT2D eigenvalue weighted by molar-refractivity contribution is -0.0632. The van der Waals surface area contributed by atoms with Crippen LogP contribution in [0.1, 0.15) is 31.9 Å². The molecule has 1 aromatic rings. The summed E-state index contributed by atoms with van der Waals surface area (Å²) in [4.78, 5) is 0. The fraction of sp³-hybridized carbons (Fsp3) is 0.500. The highest BCUT2D eigenvalue weighted by Crippen LogP contribution is 2.24. The van der Waals surface area contributed by atoms with Gasteiger partial charge in [-0.15, -0.1) is 0 Å². The van der Waals surface area contributed by atoms with Gasteiger partial charge in [-0.1, -0.05) is 43.3 Å². The van der Waals surface area contributed by atoms with Crippen molar-refractivity contribution in [2.45, 2.75) is 50.7 Å². The Morgan fingerprint density at radius 2 is 1.75 bits per heavy atom. The Kier molecular flexibility index (Phi) is 4.94. The van der Waals surface area contributed by atoms with E-state index in [4.69, 9.17) is 0 Å². The third-order valence-electron chi connectivity index (χ3n) is 3.97. The molecule has 5 unspecified atom stereocenters. The zero-order valence-corrected chi connectivity index (χ0v) is 11.9. The van der Waals surface area contributed by atoms with E-state index in [9.17, 15) is 15.3 Å².